The van der Waals surface area contributed by atoms with Gasteiger partial charge in [0, 0.05) is 31.3 Å². The number of nitrogens with one attached hydrogen (secondary N) is 1. The van der Waals surface area contributed by atoms with Gasteiger partial charge in [-0.3, -0.25) is 9.48 Å². The lowest BCUT2D eigenvalue weighted by atomic mass is 9.96. The maximum absolute atomic E-state index is 12.9. The van der Waals surface area contributed by atoms with Crippen molar-refractivity contribution in [1.29, 1.82) is 0 Å². The zero-order valence-electron chi connectivity index (χ0n) is 16.6. The molecule has 1 N–H and O–H groups in total. The molecule has 7 nitrogen and oxygen atoms in total. The molecule has 0 radical (unpaired) electrons. The van der Waals surface area contributed by atoms with Crippen molar-refractivity contribution in [2.45, 2.75) is 20.3 Å². The fourth-order valence-corrected chi connectivity index (χ4v) is 3.75. The van der Waals surface area contributed by atoms with Gasteiger partial charge in [-0.05, 0) is 38.0 Å². The normalized spacial score (nSPS) is 15.8. The largest absolute Gasteiger partial charge is 0.497 e. The molecular formula is C21H24N4O3. The summed E-state index contributed by atoms with van der Waals surface area (Å²) in [5, 5.41) is 8.29. The van der Waals surface area contributed by atoms with E-state index in [2.05, 4.69) is 15.4 Å². The number of aromatic nitrogens is 3. The third-order valence-corrected chi connectivity index (χ3v) is 5.15. The quantitative estimate of drug-likeness (QED) is 0.753. The minimum atomic E-state index is -0.105. The fraction of sp³-hybridized carbons (Fsp3) is 0.381. The number of carbonyl (C=O) groups excluding carboxylic acids is 1. The summed E-state index contributed by atoms with van der Waals surface area (Å²) in [5.74, 6) is 1.76. The zero-order chi connectivity index (χ0) is 19.8. The third-order valence-electron chi connectivity index (χ3n) is 5.15. The number of carbonyl (C=O) groups is 1. The highest BCUT2D eigenvalue weighted by Crippen LogP contribution is 2.31. The van der Waals surface area contributed by atoms with Crippen LogP contribution in [0.4, 0.5) is 0 Å². The lowest BCUT2D eigenvalue weighted by Crippen LogP contribution is -2.35. The van der Waals surface area contributed by atoms with Crippen molar-refractivity contribution in [2.75, 3.05) is 20.3 Å². The van der Waals surface area contributed by atoms with Crippen LogP contribution in [-0.2, 0) is 13.5 Å². The Morgan fingerprint density at radius 2 is 2.18 bits per heavy atom. The molecule has 7 heteroatoms. The summed E-state index contributed by atoms with van der Waals surface area (Å²) in [6.45, 7) is 4.90. The van der Waals surface area contributed by atoms with Crippen LogP contribution in [-0.4, -0.2) is 40.9 Å². The molecule has 1 aromatic carbocycles. The first-order valence-corrected chi connectivity index (χ1v) is 9.35. The van der Waals surface area contributed by atoms with Gasteiger partial charge in [-0.25, -0.2) is 4.98 Å². The molecular weight excluding hydrogens is 356 g/mol. The van der Waals surface area contributed by atoms with Crippen LogP contribution in [0.25, 0.3) is 11.0 Å². The number of amides is 1. The van der Waals surface area contributed by atoms with E-state index < -0.39 is 0 Å². The number of ether oxygens (including phenoxy) is 2. The summed E-state index contributed by atoms with van der Waals surface area (Å²) < 4.78 is 12.8. The van der Waals surface area contributed by atoms with Gasteiger partial charge >= 0.3 is 0 Å². The Bertz CT molecular complexity index is 1060. The fourth-order valence-electron chi connectivity index (χ4n) is 3.75. The first kappa shape index (κ1) is 18.3. The van der Waals surface area contributed by atoms with E-state index in [1.54, 1.807) is 11.8 Å². The predicted octanol–water partition coefficient (Wildman–Crippen LogP) is 2.57. The van der Waals surface area contributed by atoms with E-state index in [9.17, 15) is 4.79 Å². The van der Waals surface area contributed by atoms with E-state index in [-0.39, 0.29) is 11.8 Å². The Morgan fingerprint density at radius 3 is 2.96 bits per heavy atom. The van der Waals surface area contributed by atoms with Crippen LogP contribution >= 0.6 is 0 Å². The molecule has 0 saturated heterocycles. The molecule has 0 spiro atoms. The number of nitrogens with zero attached hydrogens (tertiary/aromatic N) is 3. The van der Waals surface area contributed by atoms with E-state index in [0.717, 1.165) is 45.9 Å². The number of benzene rings is 1. The number of methoxy groups -OCH3 is 1. The summed E-state index contributed by atoms with van der Waals surface area (Å²) in [6.07, 6.45) is 0.857. The minimum absolute atomic E-state index is 0.105. The first-order valence-electron chi connectivity index (χ1n) is 9.35. The highest BCUT2D eigenvalue weighted by molar-refractivity contribution is 6.06. The number of aryl methyl sites for hydroxylation is 3. The van der Waals surface area contributed by atoms with Gasteiger partial charge in [-0.15, -0.1) is 0 Å². The molecule has 3 aromatic rings. The average molecular weight is 380 g/mol. The smallest absolute Gasteiger partial charge is 0.252 e. The van der Waals surface area contributed by atoms with E-state index in [1.165, 1.54) is 0 Å². The van der Waals surface area contributed by atoms with Crippen molar-refractivity contribution in [3.05, 3.63) is 46.8 Å². The molecule has 3 heterocycles. The number of rotatable bonds is 4. The Morgan fingerprint density at radius 1 is 1.36 bits per heavy atom. The van der Waals surface area contributed by atoms with Gasteiger partial charge in [0.05, 0.1) is 30.4 Å². The lowest BCUT2D eigenvalue weighted by molar-refractivity contribution is 0.0940. The number of hydrogen-bond acceptors (Lipinski definition) is 5. The lowest BCUT2D eigenvalue weighted by Gasteiger charge is -2.26. The Kier molecular flexibility index (Phi) is 4.66. The van der Waals surface area contributed by atoms with Crippen LogP contribution in [0.3, 0.4) is 0 Å². The van der Waals surface area contributed by atoms with Crippen LogP contribution in [0.1, 0.15) is 27.3 Å². The molecule has 0 aliphatic carbocycles. The van der Waals surface area contributed by atoms with Crippen LogP contribution in [0.15, 0.2) is 24.3 Å². The minimum Gasteiger partial charge on any atom is -0.497 e. The summed E-state index contributed by atoms with van der Waals surface area (Å²) in [4.78, 5) is 17.4. The van der Waals surface area contributed by atoms with Crippen molar-refractivity contribution in [3.63, 3.8) is 0 Å². The third kappa shape index (κ3) is 3.28. The molecule has 146 valence electrons. The molecule has 28 heavy (non-hydrogen) atoms. The molecule has 2 aromatic heterocycles. The topological polar surface area (TPSA) is 78.3 Å². The summed E-state index contributed by atoms with van der Waals surface area (Å²) in [5.41, 5.74) is 4.08. The van der Waals surface area contributed by atoms with E-state index in [0.29, 0.717) is 18.7 Å². The van der Waals surface area contributed by atoms with Crippen LogP contribution in [0.2, 0.25) is 0 Å². The Labute approximate surface area is 163 Å². The van der Waals surface area contributed by atoms with Crippen LogP contribution in [0.5, 0.6) is 11.5 Å². The van der Waals surface area contributed by atoms with Crippen molar-refractivity contribution in [3.8, 4) is 11.5 Å². The Hall–Kier alpha value is -3.09. The SMILES string of the molecule is COc1ccc2c(c1)OC[C@@H](CNC(=O)c1cc(C)nc3c1c(C)nn3C)C2. The predicted molar refractivity (Wildman–Crippen MR) is 106 cm³/mol. The van der Waals surface area contributed by atoms with Crippen molar-refractivity contribution in [2.24, 2.45) is 13.0 Å². The van der Waals surface area contributed by atoms with E-state index in [1.807, 2.05) is 45.2 Å². The molecule has 0 fully saturated rings. The molecule has 1 atom stereocenters. The zero-order valence-corrected chi connectivity index (χ0v) is 16.6. The van der Waals surface area contributed by atoms with E-state index >= 15 is 0 Å². The van der Waals surface area contributed by atoms with Crippen molar-refractivity contribution >= 4 is 16.9 Å². The molecule has 4 rings (SSSR count). The van der Waals surface area contributed by atoms with Crippen LogP contribution < -0.4 is 14.8 Å². The van der Waals surface area contributed by atoms with Gasteiger partial charge in [-0.2, -0.15) is 5.10 Å². The molecule has 1 aliphatic rings. The van der Waals surface area contributed by atoms with E-state index in [4.69, 9.17) is 9.47 Å². The summed E-state index contributed by atoms with van der Waals surface area (Å²) in [7, 11) is 3.49. The molecule has 1 aliphatic heterocycles. The van der Waals surface area contributed by atoms with Gasteiger partial charge in [0.1, 0.15) is 11.5 Å². The summed E-state index contributed by atoms with van der Waals surface area (Å²) >= 11 is 0. The monoisotopic (exact) mass is 380 g/mol. The second kappa shape index (κ2) is 7.14. The molecule has 0 unspecified atom stereocenters. The van der Waals surface area contributed by atoms with Crippen molar-refractivity contribution in [1.82, 2.24) is 20.1 Å². The van der Waals surface area contributed by atoms with Gasteiger partial charge in [0.15, 0.2) is 5.65 Å². The maximum Gasteiger partial charge on any atom is 0.252 e. The molecule has 0 bridgehead atoms. The Balaban J connectivity index is 1.49. The van der Waals surface area contributed by atoms with Gasteiger partial charge < -0.3 is 14.8 Å². The molecule has 1 amide bonds. The number of pyridine rings is 1. The van der Waals surface area contributed by atoms with Gasteiger partial charge in [0.2, 0.25) is 0 Å². The average Bonchev–Trinajstić information content (AvgIpc) is 2.98. The first-order chi connectivity index (χ1) is 13.5. The summed E-state index contributed by atoms with van der Waals surface area (Å²) in [6, 6.07) is 7.69. The standard InChI is InChI=1S/C21H24N4O3/c1-12-7-17(19-13(2)24-25(3)20(19)23-12)21(26)22-10-14-8-15-5-6-16(27-4)9-18(15)28-11-14/h5-7,9,14H,8,10-11H2,1-4H3,(H,22,26)/t14-/m1/s1. The molecule has 0 saturated carbocycles. The van der Waals surface area contributed by atoms with Gasteiger partial charge in [-0.1, -0.05) is 6.07 Å². The van der Waals surface area contributed by atoms with Crippen molar-refractivity contribution < 1.29 is 14.3 Å². The second-order valence-corrected chi connectivity index (χ2v) is 7.28. The number of hydrogen-bond donors (Lipinski definition) is 1. The number of fused-ring (bicyclic) bond motifs is 2. The highest BCUT2D eigenvalue weighted by Gasteiger charge is 2.23. The van der Waals surface area contributed by atoms with Gasteiger partial charge in [0.25, 0.3) is 5.91 Å². The second-order valence-electron chi connectivity index (χ2n) is 7.28. The highest BCUT2D eigenvalue weighted by atomic mass is 16.5. The van der Waals surface area contributed by atoms with Crippen LogP contribution in [0, 0.1) is 19.8 Å². The maximum atomic E-state index is 12.9.